The number of fused-ring (bicyclic) bond motifs is 1. The van der Waals surface area contributed by atoms with Crippen molar-refractivity contribution in [1.29, 1.82) is 5.26 Å². The molecule has 3 rings (SSSR count). The van der Waals surface area contributed by atoms with E-state index in [4.69, 9.17) is 5.26 Å². The number of carbonyl (C=O) groups is 1. The summed E-state index contributed by atoms with van der Waals surface area (Å²) in [5, 5.41) is 12.9. The monoisotopic (exact) mass is 268 g/mol. The molecule has 100 valence electrons. The number of amides is 1. The van der Waals surface area contributed by atoms with Gasteiger partial charge in [-0.1, -0.05) is 24.3 Å². The summed E-state index contributed by atoms with van der Waals surface area (Å²) in [7, 11) is 0. The van der Waals surface area contributed by atoms with E-state index in [1.165, 1.54) is 12.1 Å². The quantitative estimate of drug-likeness (QED) is 0.909. The van der Waals surface area contributed by atoms with Crippen LogP contribution in [-0.2, 0) is 0 Å². The van der Waals surface area contributed by atoms with Crippen LogP contribution < -0.4 is 5.32 Å². The van der Waals surface area contributed by atoms with Crippen LogP contribution in [0.5, 0.6) is 0 Å². The van der Waals surface area contributed by atoms with Crippen LogP contribution in [0.4, 0.5) is 4.39 Å². The molecule has 0 unspecified atom stereocenters. The van der Waals surface area contributed by atoms with Crippen LogP contribution in [0.3, 0.4) is 0 Å². The first-order chi connectivity index (χ1) is 9.65. The van der Waals surface area contributed by atoms with Crippen molar-refractivity contribution in [3.8, 4) is 6.07 Å². The van der Waals surface area contributed by atoms with E-state index >= 15 is 0 Å². The molecule has 0 saturated heterocycles. The van der Waals surface area contributed by atoms with Crippen LogP contribution in [0.15, 0.2) is 36.4 Å². The minimum absolute atomic E-state index is 0.317. The number of halogens is 1. The first kappa shape index (κ1) is 12.6. The molecule has 0 aliphatic heterocycles. The standard InChI is InChI=1S/C16H13FN2O/c17-14-7-6-13(11-4-1-2-5-12(11)14)15(20)19-16(10-18)8-3-9-16/h1-2,4-7H,3,8-9H2,(H,19,20). The van der Waals surface area contributed by atoms with Crippen LogP contribution in [-0.4, -0.2) is 11.4 Å². The molecule has 0 aromatic heterocycles. The zero-order chi connectivity index (χ0) is 14.2. The Kier molecular flexibility index (Phi) is 2.90. The second-order valence-corrected chi connectivity index (χ2v) is 5.14. The number of hydrogen-bond acceptors (Lipinski definition) is 2. The Morgan fingerprint density at radius 3 is 2.50 bits per heavy atom. The predicted molar refractivity (Wildman–Crippen MR) is 73.6 cm³/mol. The lowest BCUT2D eigenvalue weighted by atomic mass is 9.78. The maximum atomic E-state index is 13.7. The van der Waals surface area contributed by atoms with Crippen molar-refractivity contribution in [3.63, 3.8) is 0 Å². The van der Waals surface area contributed by atoms with E-state index in [0.29, 0.717) is 29.2 Å². The van der Waals surface area contributed by atoms with E-state index in [1.54, 1.807) is 24.3 Å². The van der Waals surface area contributed by atoms with Gasteiger partial charge in [0.2, 0.25) is 0 Å². The van der Waals surface area contributed by atoms with Gasteiger partial charge in [0, 0.05) is 10.9 Å². The molecule has 3 nitrogen and oxygen atoms in total. The van der Waals surface area contributed by atoms with Crippen molar-refractivity contribution in [1.82, 2.24) is 5.32 Å². The molecule has 0 radical (unpaired) electrons. The largest absolute Gasteiger partial charge is 0.334 e. The summed E-state index contributed by atoms with van der Waals surface area (Å²) in [5.41, 5.74) is -0.337. The van der Waals surface area contributed by atoms with Gasteiger partial charge >= 0.3 is 0 Å². The molecule has 20 heavy (non-hydrogen) atoms. The maximum Gasteiger partial charge on any atom is 0.253 e. The summed E-state index contributed by atoms with van der Waals surface area (Å²) in [4.78, 5) is 12.4. The lowest BCUT2D eigenvalue weighted by Crippen LogP contribution is -2.52. The molecular formula is C16H13FN2O. The average molecular weight is 268 g/mol. The normalized spacial score (nSPS) is 16.2. The number of rotatable bonds is 2. The number of nitrogens with one attached hydrogen (secondary N) is 1. The lowest BCUT2D eigenvalue weighted by Gasteiger charge is -2.35. The van der Waals surface area contributed by atoms with E-state index in [1.807, 2.05) is 0 Å². The highest BCUT2D eigenvalue weighted by atomic mass is 19.1. The van der Waals surface area contributed by atoms with Crippen LogP contribution >= 0.6 is 0 Å². The molecule has 1 aliphatic rings. The van der Waals surface area contributed by atoms with Gasteiger partial charge in [0.25, 0.3) is 5.91 Å². The highest BCUT2D eigenvalue weighted by Crippen LogP contribution is 2.32. The van der Waals surface area contributed by atoms with E-state index in [0.717, 1.165) is 6.42 Å². The van der Waals surface area contributed by atoms with Gasteiger partial charge in [-0.2, -0.15) is 5.26 Å². The molecular weight excluding hydrogens is 255 g/mol. The van der Waals surface area contributed by atoms with Gasteiger partial charge < -0.3 is 5.32 Å². The second kappa shape index (κ2) is 4.61. The summed E-state index contributed by atoms with van der Waals surface area (Å²) in [6.07, 6.45) is 2.29. The Morgan fingerprint density at radius 2 is 1.90 bits per heavy atom. The van der Waals surface area contributed by atoms with Crippen molar-refractivity contribution >= 4 is 16.7 Å². The van der Waals surface area contributed by atoms with Crippen molar-refractivity contribution in [2.24, 2.45) is 0 Å². The summed E-state index contributed by atoms with van der Waals surface area (Å²) in [6, 6.07) is 11.8. The molecule has 1 aliphatic carbocycles. The van der Waals surface area contributed by atoms with Crippen molar-refractivity contribution in [2.75, 3.05) is 0 Å². The molecule has 1 saturated carbocycles. The van der Waals surface area contributed by atoms with Gasteiger partial charge in [-0.15, -0.1) is 0 Å². The summed E-state index contributed by atoms with van der Waals surface area (Å²) < 4.78 is 13.7. The molecule has 0 heterocycles. The Balaban J connectivity index is 2.00. The average Bonchev–Trinajstić information content (AvgIpc) is 2.43. The van der Waals surface area contributed by atoms with Gasteiger partial charge in [-0.05, 0) is 36.8 Å². The Hall–Kier alpha value is -2.41. The van der Waals surface area contributed by atoms with Crippen LogP contribution in [0.25, 0.3) is 10.8 Å². The minimum atomic E-state index is -0.743. The fraction of sp³-hybridized carbons (Fsp3) is 0.250. The van der Waals surface area contributed by atoms with Gasteiger partial charge in [0.15, 0.2) is 0 Å². The molecule has 0 spiro atoms. The van der Waals surface area contributed by atoms with E-state index < -0.39 is 5.54 Å². The highest BCUT2D eigenvalue weighted by molar-refractivity contribution is 6.07. The van der Waals surface area contributed by atoms with Gasteiger partial charge in [-0.25, -0.2) is 4.39 Å². The fourth-order valence-electron chi connectivity index (χ4n) is 2.54. The molecule has 0 bridgehead atoms. The van der Waals surface area contributed by atoms with Crippen LogP contribution in [0.2, 0.25) is 0 Å². The summed E-state index contributed by atoms with van der Waals surface area (Å²) in [6.45, 7) is 0. The minimum Gasteiger partial charge on any atom is -0.334 e. The Morgan fingerprint density at radius 1 is 1.20 bits per heavy atom. The number of carbonyl (C=O) groups excluding carboxylic acids is 1. The first-order valence-corrected chi connectivity index (χ1v) is 6.56. The van der Waals surface area contributed by atoms with Gasteiger partial charge in [0.05, 0.1) is 6.07 Å². The zero-order valence-electron chi connectivity index (χ0n) is 10.8. The number of nitrogens with zero attached hydrogens (tertiary/aromatic N) is 1. The summed E-state index contributed by atoms with van der Waals surface area (Å²) >= 11 is 0. The Labute approximate surface area is 116 Å². The van der Waals surface area contributed by atoms with Crippen LogP contribution in [0, 0.1) is 17.1 Å². The molecule has 4 heteroatoms. The maximum absolute atomic E-state index is 13.7. The van der Waals surface area contributed by atoms with Gasteiger partial charge in [-0.3, -0.25) is 4.79 Å². The van der Waals surface area contributed by atoms with E-state index in [2.05, 4.69) is 11.4 Å². The first-order valence-electron chi connectivity index (χ1n) is 6.56. The van der Waals surface area contributed by atoms with E-state index in [9.17, 15) is 9.18 Å². The smallest absolute Gasteiger partial charge is 0.253 e. The SMILES string of the molecule is N#CC1(NC(=O)c2ccc(F)c3ccccc23)CCC1. The number of benzene rings is 2. The third-order valence-electron chi connectivity index (χ3n) is 3.89. The molecule has 1 N–H and O–H groups in total. The second-order valence-electron chi connectivity index (χ2n) is 5.14. The Bertz CT molecular complexity index is 729. The van der Waals surface area contributed by atoms with E-state index in [-0.39, 0.29) is 11.7 Å². The van der Waals surface area contributed by atoms with Crippen LogP contribution in [0.1, 0.15) is 29.6 Å². The molecule has 2 aromatic carbocycles. The van der Waals surface area contributed by atoms with Gasteiger partial charge in [0.1, 0.15) is 11.4 Å². The predicted octanol–water partition coefficient (Wildman–Crippen LogP) is 3.15. The summed E-state index contributed by atoms with van der Waals surface area (Å²) in [5.74, 6) is -0.668. The molecule has 2 aromatic rings. The lowest BCUT2D eigenvalue weighted by molar-refractivity contribution is 0.0883. The zero-order valence-corrected chi connectivity index (χ0v) is 10.8. The molecule has 1 amide bonds. The molecule has 1 fully saturated rings. The van der Waals surface area contributed by atoms with Crippen molar-refractivity contribution in [2.45, 2.75) is 24.8 Å². The van der Waals surface area contributed by atoms with Crippen molar-refractivity contribution < 1.29 is 9.18 Å². The highest BCUT2D eigenvalue weighted by Gasteiger charge is 2.38. The fourth-order valence-corrected chi connectivity index (χ4v) is 2.54. The molecule has 0 atom stereocenters. The third kappa shape index (κ3) is 1.92. The topological polar surface area (TPSA) is 52.9 Å². The van der Waals surface area contributed by atoms with Crippen molar-refractivity contribution in [3.05, 3.63) is 47.8 Å². The number of nitriles is 1. The number of hydrogen-bond donors (Lipinski definition) is 1. The third-order valence-corrected chi connectivity index (χ3v) is 3.89.